The summed E-state index contributed by atoms with van der Waals surface area (Å²) in [4.78, 5) is 27.5. The fraction of sp³-hybridized carbons (Fsp3) is 0.417. The van der Waals surface area contributed by atoms with Gasteiger partial charge in [0.25, 0.3) is 5.91 Å². The minimum absolute atomic E-state index is 0.157. The van der Waals surface area contributed by atoms with Gasteiger partial charge in [-0.3, -0.25) is 9.59 Å². The predicted octanol–water partition coefficient (Wildman–Crippen LogP) is 2.98. The summed E-state index contributed by atoms with van der Waals surface area (Å²) in [5.74, 6) is -0.299. The van der Waals surface area contributed by atoms with Gasteiger partial charge in [-0.1, -0.05) is 26.0 Å². The fourth-order valence-corrected chi connectivity index (χ4v) is 3.17. The summed E-state index contributed by atoms with van der Waals surface area (Å²) in [5, 5.41) is 5.56. The first-order valence-corrected chi connectivity index (χ1v) is 10.4. The third-order valence-electron chi connectivity index (χ3n) is 4.92. The van der Waals surface area contributed by atoms with Crippen molar-refractivity contribution in [2.45, 2.75) is 33.0 Å². The minimum Gasteiger partial charge on any atom is -0.497 e. The van der Waals surface area contributed by atoms with E-state index < -0.39 is 11.9 Å². The molecule has 0 saturated heterocycles. The van der Waals surface area contributed by atoms with Crippen LogP contribution in [0.1, 0.15) is 35.3 Å². The second-order valence-corrected chi connectivity index (χ2v) is 8.18. The molecule has 0 fully saturated rings. The number of hydrogen-bond acceptors (Lipinski definition) is 5. The molecule has 2 rings (SSSR count). The lowest BCUT2D eigenvalue weighted by Gasteiger charge is -2.22. The van der Waals surface area contributed by atoms with Crippen LogP contribution >= 0.6 is 0 Å². The molecule has 2 aromatic rings. The van der Waals surface area contributed by atoms with Gasteiger partial charge in [0.05, 0.1) is 14.2 Å². The van der Waals surface area contributed by atoms with Crippen molar-refractivity contribution in [1.29, 1.82) is 0 Å². The van der Waals surface area contributed by atoms with Gasteiger partial charge in [0.1, 0.15) is 23.4 Å². The minimum atomic E-state index is -0.766. The van der Waals surface area contributed by atoms with Gasteiger partial charge in [-0.15, -0.1) is 0 Å². The van der Waals surface area contributed by atoms with E-state index >= 15 is 0 Å². The molecule has 7 nitrogen and oxygen atoms in total. The Bertz CT molecular complexity index is 925. The van der Waals surface area contributed by atoms with E-state index in [0.29, 0.717) is 34.7 Å². The van der Waals surface area contributed by atoms with Crippen LogP contribution in [0.15, 0.2) is 36.4 Å². The Morgan fingerprint density at radius 3 is 2.16 bits per heavy atom. The molecule has 0 aliphatic heterocycles. The number of ether oxygens (including phenoxy) is 2. The second-order valence-electron chi connectivity index (χ2n) is 8.18. The summed E-state index contributed by atoms with van der Waals surface area (Å²) >= 11 is 0. The molecule has 0 aliphatic rings. The molecule has 0 radical (unpaired) electrons. The summed E-state index contributed by atoms with van der Waals surface area (Å²) in [7, 11) is 6.73. The van der Waals surface area contributed by atoms with Crippen LogP contribution in [0.25, 0.3) is 0 Å². The zero-order valence-corrected chi connectivity index (χ0v) is 19.5. The molecule has 0 bridgehead atoms. The molecule has 2 amide bonds. The summed E-state index contributed by atoms with van der Waals surface area (Å²) in [6, 6.07) is 8.97. The highest BCUT2D eigenvalue weighted by atomic mass is 19.1. The van der Waals surface area contributed by atoms with E-state index in [1.54, 1.807) is 30.3 Å². The number of carbonyl (C=O) groups excluding carboxylic acids is 2. The number of nitrogens with zero attached hydrogens (tertiary/aromatic N) is 1. The lowest BCUT2D eigenvalue weighted by atomic mass is 10.0. The normalized spacial score (nSPS) is 11.9. The van der Waals surface area contributed by atoms with Crippen molar-refractivity contribution >= 4 is 11.8 Å². The smallest absolute Gasteiger partial charge is 0.252 e. The van der Waals surface area contributed by atoms with Gasteiger partial charge in [0, 0.05) is 30.3 Å². The Balaban J connectivity index is 2.07. The Morgan fingerprint density at radius 2 is 1.66 bits per heavy atom. The van der Waals surface area contributed by atoms with Crippen LogP contribution in [0.5, 0.6) is 11.5 Å². The van der Waals surface area contributed by atoms with Crippen LogP contribution in [0.4, 0.5) is 4.39 Å². The fourth-order valence-electron chi connectivity index (χ4n) is 3.17. The molecule has 1 unspecified atom stereocenters. The van der Waals surface area contributed by atoms with Gasteiger partial charge >= 0.3 is 0 Å². The van der Waals surface area contributed by atoms with Crippen LogP contribution in [0, 0.1) is 11.7 Å². The number of amides is 2. The van der Waals surface area contributed by atoms with Gasteiger partial charge in [-0.05, 0) is 43.8 Å². The SMILES string of the molecule is COc1cc(OC)cc(C(=O)NC(C(=O)NCc2ccc(CN(C)C)c(F)c2)C(C)C)c1. The lowest BCUT2D eigenvalue weighted by Crippen LogP contribution is -2.49. The number of hydrogen-bond donors (Lipinski definition) is 2. The Kier molecular flexibility index (Phi) is 9.02. The van der Waals surface area contributed by atoms with E-state index in [-0.39, 0.29) is 24.2 Å². The number of methoxy groups -OCH3 is 2. The highest BCUT2D eigenvalue weighted by molar-refractivity contribution is 5.98. The van der Waals surface area contributed by atoms with Crippen molar-refractivity contribution in [1.82, 2.24) is 15.5 Å². The van der Waals surface area contributed by atoms with Crippen LogP contribution in [0.3, 0.4) is 0 Å². The highest BCUT2D eigenvalue weighted by Crippen LogP contribution is 2.22. The maximum absolute atomic E-state index is 14.3. The third-order valence-corrected chi connectivity index (χ3v) is 4.92. The van der Waals surface area contributed by atoms with Crippen molar-refractivity contribution in [2.24, 2.45) is 5.92 Å². The summed E-state index contributed by atoms with van der Waals surface area (Å²) in [5.41, 5.74) is 1.55. The van der Waals surface area contributed by atoms with Crippen LogP contribution in [-0.4, -0.2) is 51.1 Å². The van der Waals surface area contributed by atoms with Crippen molar-refractivity contribution < 1.29 is 23.5 Å². The average Bonchev–Trinajstić information content (AvgIpc) is 2.76. The van der Waals surface area contributed by atoms with Crippen LogP contribution in [-0.2, 0) is 17.9 Å². The van der Waals surface area contributed by atoms with Gasteiger partial charge in [-0.25, -0.2) is 4.39 Å². The zero-order chi connectivity index (χ0) is 23.8. The first kappa shape index (κ1) is 25.1. The first-order chi connectivity index (χ1) is 15.1. The topological polar surface area (TPSA) is 79.9 Å². The molecule has 0 heterocycles. The molecule has 32 heavy (non-hydrogen) atoms. The molecular weight excluding hydrogens is 413 g/mol. The van der Waals surface area contributed by atoms with Crippen molar-refractivity contribution in [3.8, 4) is 11.5 Å². The van der Waals surface area contributed by atoms with Gasteiger partial charge in [0.2, 0.25) is 5.91 Å². The Morgan fingerprint density at radius 1 is 1.03 bits per heavy atom. The van der Waals surface area contributed by atoms with E-state index in [9.17, 15) is 14.0 Å². The lowest BCUT2D eigenvalue weighted by molar-refractivity contribution is -0.124. The van der Waals surface area contributed by atoms with E-state index in [4.69, 9.17) is 9.47 Å². The first-order valence-electron chi connectivity index (χ1n) is 10.4. The molecule has 2 N–H and O–H groups in total. The number of rotatable bonds is 10. The number of carbonyl (C=O) groups is 2. The molecule has 0 spiro atoms. The number of halogens is 1. The van der Waals surface area contributed by atoms with E-state index in [1.165, 1.54) is 20.3 Å². The third kappa shape index (κ3) is 6.95. The summed E-state index contributed by atoms with van der Waals surface area (Å²) < 4.78 is 24.7. The van der Waals surface area contributed by atoms with Gasteiger partial charge < -0.3 is 25.0 Å². The zero-order valence-electron chi connectivity index (χ0n) is 19.5. The predicted molar refractivity (Wildman–Crippen MR) is 121 cm³/mol. The molecule has 0 saturated carbocycles. The molecule has 174 valence electrons. The average molecular weight is 446 g/mol. The van der Waals surface area contributed by atoms with Crippen LogP contribution < -0.4 is 20.1 Å². The van der Waals surface area contributed by atoms with Crippen LogP contribution in [0.2, 0.25) is 0 Å². The Hall–Kier alpha value is -3.13. The van der Waals surface area contributed by atoms with Crippen molar-refractivity contribution in [2.75, 3.05) is 28.3 Å². The number of nitrogens with one attached hydrogen (secondary N) is 2. The largest absolute Gasteiger partial charge is 0.497 e. The quantitative estimate of drug-likeness (QED) is 0.588. The standard InChI is InChI=1S/C24H32FN3O4/c1-15(2)22(27-23(29)18-10-19(31-5)12-20(11-18)32-6)24(30)26-13-16-7-8-17(14-28(3)4)21(25)9-16/h7-12,15,22H,13-14H2,1-6H3,(H,26,30)(H,27,29). The molecule has 0 aliphatic carbocycles. The molecule has 0 aromatic heterocycles. The van der Waals surface area contributed by atoms with Gasteiger partial charge in [0.15, 0.2) is 0 Å². The van der Waals surface area contributed by atoms with E-state index in [2.05, 4.69) is 10.6 Å². The molecule has 8 heteroatoms. The van der Waals surface area contributed by atoms with Crippen molar-refractivity contribution in [3.63, 3.8) is 0 Å². The second kappa shape index (κ2) is 11.5. The molecule has 1 atom stereocenters. The van der Waals surface area contributed by atoms with E-state index in [0.717, 1.165) is 0 Å². The van der Waals surface area contributed by atoms with Gasteiger partial charge in [-0.2, -0.15) is 0 Å². The monoisotopic (exact) mass is 445 g/mol. The summed E-state index contributed by atoms with van der Waals surface area (Å²) in [6.45, 7) is 4.33. The number of benzene rings is 2. The maximum atomic E-state index is 14.3. The maximum Gasteiger partial charge on any atom is 0.252 e. The van der Waals surface area contributed by atoms with Crippen molar-refractivity contribution in [3.05, 3.63) is 58.9 Å². The summed E-state index contributed by atoms with van der Waals surface area (Å²) in [6.07, 6.45) is 0. The molecule has 2 aromatic carbocycles. The molecular formula is C24H32FN3O4. The Labute approximate surface area is 188 Å². The highest BCUT2D eigenvalue weighted by Gasteiger charge is 2.25. The van der Waals surface area contributed by atoms with E-state index in [1.807, 2.05) is 32.8 Å².